The fourth-order valence-corrected chi connectivity index (χ4v) is 3.17. The lowest BCUT2D eigenvalue weighted by Crippen LogP contribution is -2.19. The number of aromatic nitrogens is 2. The van der Waals surface area contributed by atoms with Gasteiger partial charge in [-0.3, -0.25) is 0 Å². The highest BCUT2D eigenvalue weighted by atomic mass is 32.2. The van der Waals surface area contributed by atoms with Gasteiger partial charge in [-0.05, 0) is 19.1 Å². The third-order valence-electron chi connectivity index (χ3n) is 2.32. The van der Waals surface area contributed by atoms with Gasteiger partial charge in [0.05, 0.1) is 6.10 Å². The van der Waals surface area contributed by atoms with Gasteiger partial charge in [-0.15, -0.1) is 10.2 Å². The van der Waals surface area contributed by atoms with E-state index < -0.39 is 6.10 Å². The van der Waals surface area contributed by atoms with Crippen LogP contribution >= 0.6 is 23.1 Å². The van der Waals surface area contributed by atoms with Gasteiger partial charge in [0.2, 0.25) is 5.13 Å². The maximum atomic E-state index is 9.88. The van der Waals surface area contributed by atoms with E-state index in [1.807, 2.05) is 37.3 Å². The van der Waals surface area contributed by atoms with Gasteiger partial charge in [-0.25, -0.2) is 0 Å². The Morgan fingerprint density at radius 2 is 2.15 bits per heavy atom. The molecule has 0 aliphatic carbocycles. The second kappa shape index (κ2) is 8.08. The number of benzene rings is 1. The number of thioether (sulfide) groups is 1. The minimum atomic E-state index is -0.535. The third kappa shape index (κ3) is 4.99. The van der Waals surface area contributed by atoms with Gasteiger partial charge in [-0.2, -0.15) is 0 Å². The van der Waals surface area contributed by atoms with Gasteiger partial charge in [-0.1, -0.05) is 41.3 Å². The lowest BCUT2D eigenvalue weighted by Gasteiger charge is -2.10. The summed E-state index contributed by atoms with van der Waals surface area (Å²) in [5.41, 5.74) is 0. The molecule has 0 aliphatic rings. The lowest BCUT2D eigenvalue weighted by atomic mass is 10.3. The van der Waals surface area contributed by atoms with Gasteiger partial charge in [0, 0.05) is 12.3 Å². The molecule has 0 saturated carbocycles. The molecule has 0 bridgehead atoms. The monoisotopic (exact) mass is 311 g/mol. The van der Waals surface area contributed by atoms with Crippen LogP contribution in [0.15, 0.2) is 34.7 Å². The van der Waals surface area contributed by atoms with Crippen LogP contribution in [0.3, 0.4) is 0 Å². The summed E-state index contributed by atoms with van der Waals surface area (Å²) in [5.74, 6) is 1.30. The highest BCUT2D eigenvalue weighted by Crippen LogP contribution is 2.25. The maximum Gasteiger partial charge on any atom is 0.206 e. The van der Waals surface area contributed by atoms with E-state index in [9.17, 15) is 5.11 Å². The Hall–Kier alpha value is -1.31. The molecule has 0 fully saturated rings. The molecule has 108 valence electrons. The Kier molecular flexibility index (Phi) is 6.10. The van der Waals surface area contributed by atoms with Gasteiger partial charge in [0.1, 0.15) is 12.4 Å². The average Bonchev–Trinajstić information content (AvgIpc) is 2.92. The second-order valence-corrected chi connectivity index (χ2v) is 6.24. The molecule has 0 aliphatic heterocycles. The van der Waals surface area contributed by atoms with Crippen LogP contribution in [0, 0.1) is 0 Å². The summed E-state index contributed by atoms with van der Waals surface area (Å²) >= 11 is 2.98. The zero-order valence-corrected chi connectivity index (χ0v) is 12.8. The lowest BCUT2D eigenvalue weighted by molar-refractivity contribution is 0.126. The van der Waals surface area contributed by atoms with E-state index in [0.717, 1.165) is 21.8 Å². The average molecular weight is 311 g/mol. The Labute approximate surface area is 126 Å². The number of hydrogen-bond acceptors (Lipinski definition) is 7. The molecule has 1 aromatic heterocycles. The molecule has 0 saturated heterocycles. The van der Waals surface area contributed by atoms with E-state index in [1.54, 1.807) is 0 Å². The summed E-state index contributed by atoms with van der Waals surface area (Å²) in [4.78, 5) is 0. The van der Waals surface area contributed by atoms with E-state index in [-0.39, 0.29) is 6.61 Å². The molecule has 20 heavy (non-hydrogen) atoms. The van der Waals surface area contributed by atoms with Gasteiger partial charge < -0.3 is 15.2 Å². The number of anilines is 1. The van der Waals surface area contributed by atoms with Crippen LogP contribution in [0.1, 0.15) is 6.92 Å². The summed E-state index contributed by atoms with van der Waals surface area (Å²) in [7, 11) is 0. The summed E-state index contributed by atoms with van der Waals surface area (Å²) in [5, 5.41) is 21.8. The number of nitrogens with one attached hydrogen (secondary N) is 1. The zero-order valence-electron chi connectivity index (χ0n) is 11.2. The normalized spacial score (nSPS) is 12.1. The highest BCUT2D eigenvalue weighted by molar-refractivity contribution is 8.01. The maximum absolute atomic E-state index is 9.88. The largest absolute Gasteiger partial charge is 0.491 e. The van der Waals surface area contributed by atoms with Crippen molar-refractivity contribution >= 4 is 28.2 Å². The van der Waals surface area contributed by atoms with Crippen molar-refractivity contribution in [2.45, 2.75) is 17.4 Å². The van der Waals surface area contributed by atoms with Crippen molar-refractivity contribution in [2.24, 2.45) is 0 Å². The third-order valence-corrected chi connectivity index (χ3v) is 4.48. The second-order valence-electron chi connectivity index (χ2n) is 3.99. The predicted octanol–water partition coefficient (Wildman–Crippen LogP) is 2.50. The van der Waals surface area contributed by atoms with E-state index >= 15 is 0 Å². The molecule has 1 heterocycles. The minimum Gasteiger partial charge on any atom is -0.491 e. The van der Waals surface area contributed by atoms with Gasteiger partial charge >= 0.3 is 0 Å². The summed E-state index contributed by atoms with van der Waals surface area (Å²) in [6.45, 7) is 3.11. The quantitative estimate of drug-likeness (QED) is 0.730. The molecule has 1 atom stereocenters. The first-order valence-corrected chi connectivity index (χ1v) is 8.14. The molecule has 2 aromatic rings. The first-order chi connectivity index (χ1) is 9.78. The van der Waals surface area contributed by atoms with E-state index in [0.29, 0.717) is 5.75 Å². The van der Waals surface area contributed by atoms with Crippen LogP contribution in [-0.2, 0) is 0 Å². The van der Waals surface area contributed by atoms with E-state index in [4.69, 9.17) is 4.74 Å². The van der Waals surface area contributed by atoms with Crippen LogP contribution in [0.5, 0.6) is 5.75 Å². The fraction of sp³-hybridized carbons (Fsp3) is 0.385. The first-order valence-electron chi connectivity index (χ1n) is 6.34. The van der Waals surface area contributed by atoms with Gasteiger partial charge in [0.25, 0.3) is 0 Å². The van der Waals surface area contributed by atoms with Crippen molar-refractivity contribution < 1.29 is 9.84 Å². The SMILES string of the molecule is CCNc1nnc(SC[C@H](O)COc2ccccc2)s1. The van der Waals surface area contributed by atoms with Crippen LogP contribution < -0.4 is 10.1 Å². The number of nitrogens with zero attached hydrogens (tertiary/aromatic N) is 2. The molecule has 1 aromatic carbocycles. The standard InChI is InChI=1S/C13H17N3O2S2/c1-2-14-12-15-16-13(20-12)19-9-10(17)8-18-11-6-4-3-5-7-11/h3-7,10,17H,2,8-9H2,1H3,(H,14,15)/t10-/m1/s1. The molecule has 0 amide bonds. The number of rotatable bonds is 8. The van der Waals surface area contributed by atoms with Crippen molar-refractivity contribution in [3.63, 3.8) is 0 Å². The van der Waals surface area contributed by atoms with Crippen LogP contribution in [0.4, 0.5) is 5.13 Å². The van der Waals surface area contributed by atoms with Crippen LogP contribution in [0.2, 0.25) is 0 Å². The number of aliphatic hydroxyl groups is 1. The predicted molar refractivity (Wildman–Crippen MR) is 82.7 cm³/mol. The number of para-hydroxylation sites is 1. The van der Waals surface area contributed by atoms with E-state index in [2.05, 4.69) is 15.5 Å². The molecule has 2 rings (SSSR count). The van der Waals surface area contributed by atoms with Crippen molar-refractivity contribution in [1.29, 1.82) is 0 Å². The van der Waals surface area contributed by atoms with Crippen LogP contribution in [-0.4, -0.2) is 40.3 Å². The Balaban J connectivity index is 1.70. The summed E-state index contributed by atoms with van der Waals surface area (Å²) < 4.78 is 6.34. The number of hydrogen-bond donors (Lipinski definition) is 2. The molecular weight excluding hydrogens is 294 g/mol. The summed E-state index contributed by atoms with van der Waals surface area (Å²) in [6, 6.07) is 9.47. The van der Waals surface area contributed by atoms with Crippen LogP contribution in [0.25, 0.3) is 0 Å². The fourth-order valence-electron chi connectivity index (χ4n) is 1.42. The first kappa shape index (κ1) is 15.1. The smallest absolute Gasteiger partial charge is 0.206 e. The van der Waals surface area contributed by atoms with Gasteiger partial charge in [0.15, 0.2) is 4.34 Å². The van der Waals surface area contributed by atoms with Crippen molar-refractivity contribution in [2.75, 3.05) is 24.2 Å². The highest BCUT2D eigenvalue weighted by Gasteiger charge is 2.09. The molecule has 2 N–H and O–H groups in total. The van der Waals surface area contributed by atoms with Crippen molar-refractivity contribution in [1.82, 2.24) is 10.2 Å². The number of ether oxygens (including phenoxy) is 1. The van der Waals surface area contributed by atoms with Crippen molar-refractivity contribution in [3.05, 3.63) is 30.3 Å². The Morgan fingerprint density at radius 3 is 2.90 bits per heavy atom. The molecule has 0 unspecified atom stereocenters. The molecule has 5 nitrogen and oxygen atoms in total. The molecule has 7 heteroatoms. The number of aliphatic hydroxyl groups excluding tert-OH is 1. The summed E-state index contributed by atoms with van der Waals surface area (Å²) in [6.07, 6.45) is -0.535. The Bertz CT molecular complexity index is 507. The molecule has 0 radical (unpaired) electrons. The minimum absolute atomic E-state index is 0.274. The topological polar surface area (TPSA) is 67.3 Å². The molecule has 0 spiro atoms. The zero-order chi connectivity index (χ0) is 14.2. The molecular formula is C13H17N3O2S2. The van der Waals surface area contributed by atoms with E-state index in [1.165, 1.54) is 23.1 Å². The van der Waals surface area contributed by atoms with Crippen molar-refractivity contribution in [3.8, 4) is 5.75 Å². The Morgan fingerprint density at radius 1 is 1.35 bits per heavy atom.